The van der Waals surface area contributed by atoms with Gasteiger partial charge in [-0.25, -0.2) is 18.0 Å². The number of halogens is 4. The number of carbonyl (C=O) groups is 2. The zero-order chi connectivity index (χ0) is 32.3. The number of carboxylic acid groups (broad SMARTS) is 1. The number of aliphatic carboxylic acids is 1. The Labute approximate surface area is 262 Å². The highest BCUT2D eigenvalue weighted by atomic mass is 35.5. The van der Waals surface area contributed by atoms with Gasteiger partial charge in [-0.2, -0.15) is 0 Å². The molecule has 0 bridgehead atoms. The monoisotopic (exact) mass is 641 g/mol. The molecule has 1 atom stereocenters. The standard InChI is InChI=1S/C33H31ClF3N3O5/c1-44-27-10-9-20(18-40-13-11-33(36,37)12-14-40)30(45-2)28(27)23-8-4-6-21-19(5-3-7-22(21)23)15-26(32(42)43)39-31(41)29-24(34)16-38-17-25(29)35/h3-10,16-17,26H,11-15,18H2,1-2H3,(H,39,41)(H,42,43)/t26-/m0/s1. The van der Waals surface area contributed by atoms with Crippen LogP contribution in [0.5, 0.6) is 11.5 Å². The van der Waals surface area contributed by atoms with E-state index >= 15 is 0 Å². The lowest BCUT2D eigenvalue weighted by atomic mass is 9.91. The summed E-state index contributed by atoms with van der Waals surface area (Å²) in [5.41, 5.74) is 2.34. The number of fused-ring (bicyclic) bond motifs is 1. The minimum atomic E-state index is -2.66. The summed E-state index contributed by atoms with van der Waals surface area (Å²) in [6, 6.07) is 13.2. The molecule has 0 spiro atoms. The molecular formula is C33H31ClF3N3O5. The van der Waals surface area contributed by atoms with Crippen molar-refractivity contribution < 1.29 is 37.3 Å². The molecule has 3 aromatic carbocycles. The summed E-state index contributed by atoms with van der Waals surface area (Å²) >= 11 is 5.96. The number of rotatable bonds is 10. The lowest BCUT2D eigenvalue weighted by Gasteiger charge is -2.32. The van der Waals surface area contributed by atoms with Crippen LogP contribution < -0.4 is 14.8 Å². The molecular weight excluding hydrogens is 611 g/mol. The van der Waals surface area contributed by atoms with Crippen LogP contribution in [-0.2, 0) is 17.8 Å². The number of hydrogen-bond acceptors (Lipinski definition) is 6. The molecule has 45 heavy (non-hydrogen) atoms. The van der Waals surface area contributed by atoms with Gasteiger partial charge in [0.05, 0.1) is 36.6 Å². The van der Waals surface area contributed by atoms with Crippen LogP contribution in [0, 0.1) is 5.82 Å². The lowest BCUT2D eigenvalue weighted by Crippen LogP contribution is -2.42. The van der Waals surface area contributed by atoms with E-state index < -0.39 is 35.2 Å². The largest absolute Gasteiger partial charge is 0.496 e. The number of piperidine rings is 1. The van der Waals surface area contributed by atoms with E-state index in [0.717, 1.165) is 34.3 Å². The van der Waals surface area contributed by atoms with Crippen molar-refractivity contribution in [2.75, 3.05) is 27.3 Å². The van der Waals surface area contributed by atoms with E-state index in [1.54, 1.807) is 26.4 Å². The third-order valence-electron chi connectivity index (χ3n) is 8.00. The van der Waals surface area contributed by atoms with Gasteiger partial charge in [-0.05, 0) is 28.0 Å². The number of hydrogen-bond donors (Lipinski definition) is 2. The van der Waals surface area contributed by atoms with E-state index in [0.29, 0.717) is 29.2 Å². The molecule has 2 N–H and O–H groups in total. The predicted molar refractivity (Wildman–Crippen MR) is 164 cm³/mol. The van der Waals surface area contributed by atoms with Gasteiger partial charge >= 0.3 is 5.97 Å². The number of benzene rings is 3. The fourth-order valence-electron chi connectivity index (χ4n) is 5.72. The molecule has 1 aliphatic rings. The van der Waals surface area contributed by atoms with Crippen molar-refractivity contribution in [3.05, 3.63) is 88.5 Å². The molecule has 0 unspecified atom stereocenters. The Morgan fingerprint density at radius 3 is 2.40 bits per heavy atom. The second kappa shape index (κ2) is 13.3. The minimum Gasteiger partial charge on any atom is -0.496 e. The number of nitrogens with one attached hydrogen (secondary N) is 1. The summed E-state index contributed by atoms with van der Waals surface area (Å²) in [6.07, 6.45) is 1.41. The molecule has 1 aliphatic heterocycles. The summed E-state index contributed by atoms with van der Waals surface area (Å²) in [6.45, 7) is 0.932. The number of nitrogens with zero attached hydrogens (tertiary/aromatic N) is 2. The summed E-state index contributed by atoms with van der Waals surface area (Å²) in [4.78, 5) is 30.6. The smallest absolute Gasteiger partial charge is 0.326 e. The molecule has 5 rings (SSSR count). The van der Waals surface area contributed by atoms with Gasteiger partial charge in [0.1, 0.15) is 17.5 Å². The van der Waals surface area contributed by atoms with Gasteiger partial charge in [0, 0.05) is 50.7 Å². The number of carbonyl (C=O) groups excluding carboxylic acids is 1. The number of likely N-dealkylation sites (tertiary alicyclic amines) is 1. The molecule has 0 radical (unpaired) electrons. The Hall–Kier alpha value is -4.35. The van der Waals surface area contributed by atoms with Crippen molar-refractivity contribution in [2.45, 2.75) is 37.8 Å². The number of aromatic nitrogens is 1. The second-order valence-corrected chi connectivity index (χ2v) is 11.2. The molecule has 236 valence electrons. The number of alkyl halides is 2. The first-order chi connectivity index (χ1) is 21.5. The maximum Gasteiger partial charge on any atom is 0.326 e. The molecule has 1 amide bonds. The summed E-state index contributed by atoms with van der Waals surface area (Å²) < 4.78 is 53.5. The molecule has 1 aromatic heterocycles. The van der Waals surface area contributed by atoms with Gasteiger partial charge in [-0.1, -0.05) is 54.1 Å². The van der Waals surface area contributed by atoms with Crippen molar-refractivity contribution in [2.24, 2.45) is 0 Å². The Morgan fingerprint density at radius 1 is 1.02 bits per heavy atom. The van der Waals surface area contributed by atoms with Gasteiger partial charge in [0.2, 0.25) is 0 Å². The average molecular weight is 642 g/mol. The Bertz CT molecular complexity index is 1720. The quantitative estimate of drug-likeness (QED) is 0.208. The van der Waals surface area contributed by atoms with Gasteiger partial charge in [0.15, 0.2) is 5.82 Å². The molecule has 0 saturated carbocycles. The van der Waals surface area contributed by atoms with Crippen LogP contribution in [0.1, 0.15) is 34.3 Å². The highest BCUT2D eigenvalue weighted by molar-refractivity contribution is 6.33. The third kappa shape index (κ3) is 6.84. The fraction of sp³-hybridized carbons (Fsp3) is 0.303. The first kappa shape index (κ1) is 32.1. The van der Waals surface area contributed by atoms with E-state index in [4.69, 9.17) is 21.1 Å². The summed E-state index contributed by atoms with van der Waals surface area (Å²) in [5.74, 6) is -4.84. The molecule has 4 aromatic rings. The molecule has 0 aliphatic carbocycles. The number of pyridine rings is 1. The van der Waals surface area contributed by atoms with Crippen molar-refractivity contribution in [1.29, 1.82) is 0 Å². The highest BCUT2D eigenvalue weighted by Crippen LogP contribution is 2.44. The minimum absolute atomic E-state index is 0.111. The van der Waals surface area contributed by atoms with Crippen molar-refractivity contribution in [3.8, 4) is 22.6 Å². The molecule has 1 fully saturated rings. The van der Waals surface area contributed by atoms with Crippen LogP contribution in [0.4, 0.5) is 13.2 Å². The first-order valence-electron chi connectivity index (χ1n) is 14.2. The normalized spacial score (nSPS) is 15.4. The number of amides is 1. The van der Waals surface area contributed by atoms with E-state index in [-0.39, 0.29) is 37.4 Å². The highest BCUT2D eigenvalue weighted by Gasteiger charge is 2.34. The van der Waals surface area contributed by atoms with E-state index in [2.05, 4.69) is 10.3 Å². The van der Waals surface area contributed by atoms with Crippen LogP contribution in [0.25, 0.3) is 21.9 Å². The summed E-state index contributed by atoms with van der Waals surface area (Å²) in [5, 5.41) is 13.6. The van der Waals surface area contributed by atoms with Crippen molar-refractivity contribution in [3.63, 3.8) is 0 Å². The zero-order valence-corrected chi connectivity index (χ0v) is 25.3. The Kier molecular flexibility index (Phi) is 9.50. The van der Waals surface area contributed by atoms with Gasteiger partial charge in [0.25, 0.3) is 11.8 Å². The average Bonchev–Trinajstić information content (AvgIpc) is 3.01. The topological polar surface area (TPSA) is 101 Å². The second-order valence-electron chi connectivity index (χ2n) is 10.8. The molecule has 12 heteroatoms. The molecule has 2 heterocycles. The van der Waals surface area contributed by atoms with Crippen LogP contribution in [0.15, 0.2) is 60.9 Å². The maximum atomic E-state index is 14.3. The Morgan fingerprint density at radius 2 is 1.73 bits per heavy atom. The Balaban J connectivity index is 1.51. The van der Waals surface area contributed by atoms with Crippen LogP contribution in [0.3, 0.4) is 0 Å². The van der Waals surface area contributed by atoms with Crippen molar-refractivity contribution >= 4 is 34.2 Å². The van der Waals surface area contributed by atoms with Crippen molar-refractivity contribution in [1.82, 2.24) is 15.2 Å². The van der Waals surface area contributed by atoms with Gasteiger partial charge in [-0.3, -0.25) is 14.7 Å². The number of ether oxygens (including phenoxy) is 2. The van der Waals surface area contributed by atoms with Gasteiger partial charge < -0.3 is 19.9 Å². The fourth-order valence-corrected chi connectivity index (χ4v) is 5.95. The zero-order valence-electron chi connectivity index (χ0n) is 24.6. The number of methoxy groups -OCH3 is 2. The summed E-state index contributed by atoms with van der Waals surface area (Å²) in [7, 11) is 3.08. The van der Waals surface area contributed by atoms with Crippen LogP contribution >= 0.6 is 11.6 Å². The first-order valence-corrected chi connectivity index (χ1v) is 14.6. The van der Waals surface area contributed by atoms with Crippen LogP contribution in [0.2, 0.25) is 5.02 Å². The predicted octanol–water partition coefficient (Wildman–Crippen LogP) is 6.37. The van der Waals surface area contributed by atoms with E-state index in [1.165, 1.54) is 0 Å². The van der Waals surface area contributed by atoms with Gasteiger partial charge in [-0.15, -0.1) is 0 Å². The van der Waals surface area contributed by atoms with E-state index in [9.17, 15) is 27.9 Å². The molecule has 8 nitrogen and oxygen atoms in total. The maximum absolute atomic E-state index is 14.3. The third-order valence-corrected chi connectivity index (χ3v) is 8.28. The molecule has 1 saturated heterocycles. The lowest BCUT2D eigenvalue weighted by molar-refractivity contribution is -0.139. The van der Waals surface area contributed by atoms with Crippen LogP contribution in [-0.4, -0.2) is 66.1 Å². The SMILES string of the molecule is COc1ccc(CN2CCC(F)(F)CC2)c(OC)c1-c1cccc2c(C[C@H](NC(=O)c3c(F)cncc3Cl)C(=O)O)cccc12. The van der Waals surface area contributed by atoms with E-state index in [1.807, 2.05) is 41.3 Å². The number of carboxylic acids is 1.